The molecule has 0 atom stereocenters. The predicted octanol–water partition coefficient (Wildman–Crippen LogP) is 5.57. The Morgan fingerprint density at radius 1 is 1.03 bits per heavy atom. The molecule has 1 aliphatic rings. The molecule has 0 spiro atoms. The van der Waals surface area contributed by atoms with Gasteiger partial charge in [0.2, 0.25) is 5.91 Å². The van der Waals surface area contributed by atoms with Crippen LogP contribution < -0.4 is 5.32 Å². The fourth-order valence-electron chi connectivity index (χ4n) is 4.08. The number of hydrogen-bond donors (Lipinski definition) is 1. The number of nitrogens with one attached hydrogen (secondary N) is 1. The summed E-state index contributed by atoms with van der Waals surface area (Å²) >= 11 is 1.84. The Morgan fingerprint density at radius 3 is 2.73 bits per heavy atom. The molecule has 0 bridgehead atoms. The SMILES string of the molecule is Cc1cccc(-n2nc3c(c2NC(=O)Cc2cccc4ccccc24)CSC3)c1C. The van der Waals surface area contributed by atoms with Crippen molar-refractivity contribution in [1.29, 1.82) is 0 Å². The van der Waals surface area contributed by atoms with Gasteiger partial charge in [0.15, 0.2) is 0 Å². The molecule has 2 heterocycles. The molecule has 4 nitrogen and oxygen atoms in total. The monoisotopic (exact) mass is 413 g/mol. The molecule has 0 saturated heterocycles. The van der Waals surface area contributed by atoms with E-state index in [0.29, 0.717) is 6.42 Å². The van der Waals surface area contributed by atoms with Crippen LogP contribution in [-0.4, -0.2) is 15.7 Å². The Hall–Kier alpha value is -3.05. The molecule has 0 aliphatic carbocycles. The quantitative estimate of drug-likeness (QED) is 0.476. The highest BCUT2D eigenvalue weighted by molar-refractivity contribution is 7.98. The molecule has 0 unspecified atom stereocenters. The second-order valence-electron chi connectivity index (χ2n) is 7.76. The van der Waals surface area contributed by atoms with E-state index in [1.165, 1.54) is 11.1 Å². The van der Waals surface area contributed by atoms with Crippen LogP contribution >= 0.6 is 11.8 Å². The van der Waals surface area contributed by atoms with Crippen LogP contribution in [0.1, 0.15) is 27.9 Å². The van der Waals surface area contributed by atoms with Crippen LogP contribution in [-0.2, 0) is 22.7 Å². The molecule has 150 valence electrons. The highest BCUT2D eigenvalue weighted by Gasteiger charge is 2.25. The van der Waals surface area contributed by atoms with Gasteiger partial charge in [-0.1, -0.05) is 54.6 Å². The first kappa shape index (κ1) is 18.9. The molecule has 5 heteroatoms. The van der Waals surface area contributed by atoms with Crippen molar-refractivity contribution in [1.82, 2.24) is 9.78 Å². The van der Waals surface area contributed by atoms with Crippen molar-refractivity contribution in [3.8, 4) is 5.69 Å². The standard InChI is InChI=1S/C25H23N3OS/c1-16-7-5-12-23(17(16)2)28-25(21-14-30-15-22(21)27-28)26-24(29)13-19-10-6-9-18-8-3-4-11-20(18)19/h3-12H,13-15H2,1-2H3,(H,26,29). The topological polar surface area (TPSA) is 46.9 Å². The van der Waals surface area contributed by atoms with Crippen LogP contribution in [0, 0.1) is 13.8 Å². The number of carbonyl (C=O) groups excluding carboxylic acids is 1. The lowest BCUT2D eigenvalue weighted by molar-refractivity contribution is -0.115. The van der Waals surface area contributed by atoms with Gasteiger partial charge >= 0.3 is 0 Å². The van der Waals surface area contributed by atoms with Gasteiger partial charge < -0.3 is 5.32 Å². The number of thioether (sulfide) groups is 1. The normalized spacial score (nSPS) is 12.9. The summed E-state index contributed by atoms with van der Waals surface area (Å²) in [6, 6.07) is 20.5. The Labute approximate surface area is 180 Å². The zero-order valence-corrected chi connectivity index (χ0v) is 17.9. The number of nitrogens with zero attached hydrogens (tertiary/aromatic N) is 2. The molecule has 0 saturated carbocycles. The Kier molecular flexibility index (Phi) is 4.83. The largest absolute Gasteiger partial charge is 0.310 e. The number of aryl methyl sites for hydroxylation is 1. The lowest BCUT2D eigenvalue weighted by atomic mass is 10.0. The van der Waals surface area contributed by atoms with Gasteiger partial charge in [-0.25, -0.2) is 4.68 Å². The van der Waals surface area contributed by atoms with Crippen LogP contribution in [0.25, 0.3) is 16.5 Å². The van der Waals surface area contributed by atoms with Gasteiger partial charge in [0.1, 0.15) is 5.82 Å². The van der Waals surface area contributed by atoms with Crippen LogP contribution in [0.4, 0.5) is 5.82 Å². The van der Waals surface area contributed by atoms with E-state index < -0.39 is 0 Å². The molecule has 30 heavy (non-hydrogen) atoms. The third kappa shape index (κ3) is 3.29. The molecule has 0 fully saturated rings. The molecule has 1 N–H and O–H groups in total. The first-order chi connectivity index (χ1) is 14.6. The summed E-state index contributed by atoms with van der Waals surface area (Å²) in [4.78, 5) is 13.1. The fourth-order valence-corrected chi connectivity index (χ4v) is 5.11. The van der Waals surface area contributed by atoms with Crippen molar-refractivity contribution in [3.05, 3.63) is 88.6 Å². The maximum atomic E-state index is 13.1. The molecule has 4 aromatic rings. The van der Waals surface area contributed by atoms with Gasteiger partial charge in [0.25, 0.3) is 0 Å². The van der Waals surface area contributed by atoms with E-state index in [9.17, 15) is 4.79 Å². The van der Waals surface area contributed by atoms with Gasteiger partial charge in [-0.3, -0.25) is 4.79 Å². The molecule has 1 amide bonds. The fraction of sp³-hybridized carbons (Fsp3) is 0.200. The number of hydrogen-bond acceptors (Lipinski definition) is 3. The van der Waals surface area contributed by atoms with E-state index in [1.54, 1.807) is 0 Å². The van der Waals surface area contributed by atoms with Crippen molar-refractivity contribution in [2.24, 2.45) is 0 Å². The number of fused-ring (bicyclic) bond motifs is 2. The summed E-state index contributed by atoms with van der Waals surface area (Å²) in [5, 5.41) is 10.3. The highest BCUT2D eigenvalue weighted by atomic mass is 32.2. The maximum Gasteiger partial charge on any atom is 0.229 e. The number of aromatic nitrogens is 2. The minimum absolute atomic E-state index is 0.0162. The average Bonchev–Trinajstić information content (AvgIpc) is 3.33. The van der Waals surface area contributed by atoms with Crippen LogP contribution in [0.2, 0.25) is 0 Å². The van der Waals surface area contributed by atoms with E-state index in [4.69, 9.17) is 5.10 Å². The van der Waals surface area contributed by atoms with Crippen molar-refractivity contribution >= 4 is 34.3 Å². The number of rotatable bonds is 4. The van der Waals surface area contributed by atoms with E-state index in [0.717, 1.165) is 50.6 Å². The van der Waals surface area contributed by atoms with Crippen LogP contribution in [0.15, 0.2) is 60.7 Å². The Balaban J connectivity index is 1.50. The number of anilines is 1. The lowest BCUT2D eigenvalue weighted by Gasteiger charge is -2.14. The second kappa shape index (κ2) is 7.65. The van der Waals surface area contributed by atoms with Crippen LogP contribution in [0.3, 0.4) is 0 Å². The third-order valence-electron chi connectivity index (χ3n) is 5.84. The average molecular weight is 414 g/mol. The first-order valence-corrected chi connectivity index (χ1v) is 11.3. The van der Waals surface area contributed by atoms with Crippen molar-refractivity contribution < 1.29 is 4.79 Å². The molecule has 0 radical (unpaired) electrons. The van der Waals surface area contributed by atoms with Gasteiger partial charge in [0.05, 0.1) is 17.8 Å². The predicted molar refractivity (Wildman–Crippen MR) is 124 cm³/mol. The van der Waals surface area contributed by atoms with E-state index in [1.807, 2.05) is 46.8 Å². The summed E-state index contributed by atoms with van der Waals surface area (Å²) in [7, 11) is 0. The second-order valence-corrected chi connectivity index (χ2v) is 8.75. The van der Waals surface area contributed by atoms with Gasteiger partial charge in [0, 0.05) is 17.1 Å². The minimum Gasteiger partial charge on any atom is -0.310 e. The summed E-state index contributed by atoms with van der Waals surface area (Å²) < 4.78 is 1.92. The smallest absolute Gasteiger partial charge is 0.229 e. The zero-order valence-electron chi connectivity index (χ0n) is 17.1. The van der Waals surface area contributed by atoms with Gasteiger partial charge in [-0.05, 0) is 47.4 Å². The molecule has 5 rings (SSSR count). The van der Waals surface area contributed by atoms with Gasteiger partial charge in [-0.15, -0.1) is 0 Å². The van der Waals surface area contributed by atoms with Crippen LogP contribution in [0.5, 0.6) is 0 Å². The maximum absolute atomic E-state index is 13.1. The van der Waals surface area contributed by atoms with Crippen molar-refractivity contribution in [2.75, 3.05) is 5.32 Å². The number of amides is 1. The first-order valence-electron chi connectivity index (χ1n) is 10.1. The van der Waals surface area contributed by atoms with Crippen molar-refractivity contribution in [3.63, 3.8) is 0 Å². The van der Waals surface area contributed by atoms with E-state index in [2.05, 4.69) is 49.5 Å². The Morgan fingerprint density at radius 2 is 1.83 bits per heavy atom. The summed E-state index contributed by atoms with van der Waals surface area (Å²) in [6.07, 6.45) is 0.335. The molecule has 1 aromatic heterocycles. The zero-order chi connectivity index (χ0) is 20.7. The summed E-state index contributed by atoms with van der Waals surface area (Å²) in [6.45, 7) is 4.21. The number of benzene rings is 3. The highest BCUT2D eigenvalue weighted by Crippen LogP contribution is 2.37. The molecule has 1 aliphatic heterocycles. The van der Waals surface area contributed by atoms with E-state index in [-0.39, 0.29) is 5.91 Å². The molecule has 3 aromatic carbocycles. The number of carbonyl (C=O) groups is 1. The minimum atomic E-state index is -0.0162. The summed E-state index contributed by atoms with van der Waals surface area (Å²) in [5.74, 6) is 2.56. The van der Waals surface area contributed by atoms with E-state index >= 15 is 0 Å². The molecular weight excluding hydrogens is 390 g/mol. The summed E-state index contributed by atoms with van der Waals surface area (Å²) in [5.41, 5.74) is 6.67. The third-order valence-corrected chi connectivity index (χ3v) is 6.82. The van der Waals surface area contributed by atoms with Crippen molar-refractivity contribution in [2.45, 2.75) is 31.8 Å². The molecular formula is C25H23N3OS. The van der Waals surface area contributed by atoms with Gasteiger partial charge in [-0.2, -0.15) is 16.9 Å². The Bertz CT molecular complexity index is 1270. The lowest BCUT2D eigenvalue weighted by Crippen LogP contribution is -2.18.